The van der Waals surface area contributed by atoms with Crippen molar-refractivity contribution in [2.75, 3.05) is 13.2 Å². The number of amides is 2. The van der Waals surface area contributed by atoms with Crippen LogP contribution in [0.25, 0.3) is 0 Å². The van der Waals surface area contributed by atoms with Crippen LogP contribution in [0, 0.1) is 6.92 Å². The summed E-state index contributed by atoms with van der Waals surface area (Å²) < 4.78 is 5.72. The molecule has 1 aromatic rings. The predicted octanol–water partition coefficient (Wildman–Crippen LogP) is 2.99. The molecule has 2 amide bonds. The largest absolute Gasteiger partial charge is 0.464 e. The number of aryl methyl sites for hydroxylation is 1. The maximum atomic E-state index is 12.5. The summed E-state index contributed by atoms with van der Waals surface area (Å²) in [5.41, 5.74) is 0. The van der Waals surface area contributed by atoms with Gasteiger partial charge in [0.1, 0.15) is 11.5 Å². The minimum Gasteiger partial charge on any atom is -0.464 e. The van der Waals surface area contributed by atoms with Crippen LogP contribution in [0.3, 0.4) is 0 Å². The molecule has 21 heavy (non-hydrogen) atoms. The number of piperidine rings is 1. The molecule has 2 unspecified atom stereocenters. The van der Waals surface area contributed by atoms with Crippen molar-refractivity contribution in [3.8, 4) is 0 Å². The van der Waals surface area contributed by atoms with Crippen LogP contribution in [0.15, 0.2) is 16.5 Å². The third kappa shape index (κ3) is 4.24. The van der Waals surface area contributed by atoms with Gasteiger partial charge in [-0.3, -0.25) is 0 Å². The van der Waals surface area contributed by atoms with Gasteiger partial charge in [0.25, 0.3) is 0 Å². The van der Waals surface area contributed by atoms with Crippen LogP contribution in [-0.4, -0.2) is 35.2 Å². The molecule has 1 aromatic heterocycles. The molecule has 0 bridgehead atoms. The zero-order valence-electron chi connectivity index (χ0n) is 13.0. The van der Waals surface area contributed by atoms with Crippen LogP contribution < -0.4 is 5.32 Å². The first-order chi connectivity index (χ1) is 10.1. The average molecular weight is 294 g/mol. The lowest BCUT2D eigenvalue weighted by Gasteiger charge is -2.35. The Morgan fingerprint density at radius 2 is 2.33 bits per heavy atom. The third-order valence-electron chi connectivity index (χ3n) is 4.02. The molecule has 1 fully saturated rings. The van der Waals surface area contributed by atoms with E-state index in [1.54, 1.807) is 0 Å². The van der Waals surface area contributed by atoms with Crippen LogP contribution in [0.1, 0.15) is 56.6 Å². The Bertz CT molecular complexity index is 458. The number of hydrogen-bond donors (Lipinski definition) is 2. The molecule has 0 radical (unpaired) electrons. The van der Waals surface area contributed by atoms with Crippen molar-refractivity contribution >= 4 is 6.03 Å². The third-order valence-corrected chi connectivity index (χ3v) is 4.02. The van der Waals surface area contributed by atoms with E-state index < -0.39 is 0 Å². The molecular weight excluding hydrogens is 268 g/mol. The van der Waals surface area contributed by atoms with Gasteiger partial charge in [-0.05, 0) is 58.1 Å². The predicted molar refractivity (Wildman–Crippen MR) is 81.1 cm³/mol. The number of rotatable bonds is 5. The molecule has 1 aliphatic heterocycles. The van der Waals surface area contributed by atoms with Crippen LogP contribution >= 0.6 is 0 Å². The first-order valence-electron chi connectivity index (χ1n) is 7.86. The highest BCUT2D eigenvalue weighted by atomic mass is 16.3. The van der Waals surface area contributed by atoms with Gasteiger partial charge in [-0.25, -0.2) is 4.79 Å². The number of likely N-dealkylation sites (tertiary alicyclic amines) is 1. The van der Waals surface area contributed by atoms with Crippen LogP contribution in [0.2, 0.25) is 0 Å². The van der Waals surface area contributed by atoms with E-state index in [2.05, 4.69) is 5.32 Å². The fraction of sp³-hybridized carbons (Fsp3) is 0.688. The molecule has 2 N–H and O–H groups in total. The summed E-state index contributed by atoms with van der Waals surface area (Å²) in [5, 5.41) is 11.9. The summed E-state index contributed by atoms with van der Waals surface area (Å²) in [6, 6.07) is 4.01. The molecule has 5 nitrogen and oxygen atoms in total. The number of nitrogens with one attached hydrogen (secondary N) is 1. The highest BCUT2D eigenvalue weighted by Crippen LogP contribution is 2.31. The second-order valence-corrected chi connectivity index (χ2v) is 5.87. The van der Waals surface area contributed by atoms with Crippen molar-refractivity contribution in [3.63, 3.8) is 0 Å². The van der Waals surface area contributed by atoms with E-state index in [9.17, 15) is 4.79 Å². The number of nitrogens with zero attached hydrogens (tertiary/aromatic N) is 1. The first kappa shape index (κ1) is 15.9. The van der Waals surface area contributed by atoms with E-state index in [1.807, 2.05) is 30.9 Å². The lowest BCUT2D eigenvalue weighted by atomic mass is 10.0. The lowest BCUT2D eigenvalue weighted by molar-refractivity contribution is 0.136. The normalized spacial score (nSPS) is 20.3. The molecule has 0 aromatic carbocycles. The van der Waals surface area contributed by atoms with E-state index in [0.29, 0.717) is 6.42 Å². The molecule has 2 atom stereocenters. The Hall–Kier alpha value is -1.49. The summed E-state index contributed by atoms with van der Waals surface area (Å²) in [6.07, 6.45) is 4.61. The van der Waals surface area contributed by atoms with Crippen molar-refractivity contribution in [1.82, 2.24) is 10.2 Å². The number of aliphatic hydroxyl groups excluding tert-OH is 1. The molecule has 118 valence electrons. The van der Waals surface area contributed by atoms with Gasteiger partial charge >= 0.3 is 6.03 Å². The highest BCUT2D eigenvalue weighted by Gasteiger charge is 2.30. The highest BCUT2D eigenvalue weighted by molar-refractivity contribution is 5.75. The Morgan fingerprint density at radius 1 is 1.52 bits per heavy atom. The maximum Gasteiger partial charge on any atom is 0.318 e. The summed E-state index contributed by atoms with van der Waals surface area (Å²) >= 11 is 0. The van der Waals surface area contributed by atoms with Gasteiger partial charge < -0.3 is 19.7 Å². The average Bonchev–Trinajstić information content (AvgIpc) is 2.91. The summed E-state index contributed by atoms with van der Waals surface area (Å²) in [6.45, 7) is 4.83. The first-order valence-corrected chi connectivity index (χ1v) is 7.86. The Morgan fingerprint density at radius 3 is 3.00 bits per heavy atom. The number of aliphatic hydroxyl groups is 1. The van der Waals surface area contributed by atoms with Crippen molar-refractivity contribution in [1.29, 1.82) is 0 Å². The lowest BCUT2D eigenvalue weighted by Crippen LogP contribution is -2.47. The van der Waals surface area contributed by atoms with Crippen LogP contribution in [-0.2, 0) is 0 Å². The van der Waals surface area contributed by atoms with Crippen LogP contribution in [0.4, 0.5) is 4.79 Å². The molecule has 2 rings (SSSR count). The number of carbonyl (C=O) groups is 1. The smallest absolute Gasteiger partial charge is 0.318 e. The van der Waals surface area contributed by atoms with Gasteiger partial charge in [0.05, 0.1) is 6.04 Å². The summed E-state index contributed by atoms with van der Waals surface area (Å²) in [7, 11) is 0. The van der Waals surface area contributed by atoms with Crippen LogP contribution in [0.5, 0.6) is 0 Å². The van der Waals surface area contributed by atoms with E-state index >= 15 is 0 Å². The fourth-order valence-corrected chi connectivity index (χ4v) is 2.87. The van der Waals surface area contributed by atoms with Crippen molar-refractivity contribution in [3.05, 3.63) is 23.7 Å². The zero-order chi connectivity index (χ0) is 15.2. The molecule has 5 heteroatoms. The molecule has 2 heterocycles. The molecule has 0 saturated carbocycles. The van der Waals surface area contributed by atoms with E-state index in [1.165, 1.54) is 0 Å². The van der Waals surface area contributed by atoms with E-state index in [-0.39, 0.29) is 24.7 Å². The Labute approximate surface area is 126 Å². The van der Waals surface area contributed by atoms with Gasteiger partial charge in [0.2, 0.25) is 0 Å². The molecule has 1 saturated heterocycles. The molecule has 0 aliphatic carbocycles. The number of urea groups is 1. The van der Waals surface area contributed by atoms with Gasteiger partial charge in [-0.1, -0.05) is 0 Å². The minimum atomic E-state index is -0.0285. The fourth-order valence-electron chi connectivity index (χ4n) is 2.87. The SMILES string of the molecule is Cc1ccc(C2CCCCN2C(=O)NC(C)CCCO)o1. The van der Waals surface area contributed by atoms with Gasteiger partial charge in [0, 0.05) is 19.2 Å². The van der Waals surface area contributed by atoms with Crippen molar-refractivity contribution in [2.24, 2.45) is 0 Å². The molecule has 1 aliphatic rings. The Kier molecular flexibility index (Phi) is 5.67. The quantitative estimate of drug-likeness (QED) is 0.877. The van der Waals surface area contributed by atoms with Gasteiger partial charge in [0.15, 0.2) is 0 Å². The number of carbonyl (C=O) groups excluding carboxylic acids is 1. The maximum absolute atomic E-state index is 12.5. The van der Waals surface area contributed by atoms with Crippen molar-refractivity contribution in [2.45, 2.75) is 58.0 Å². The summed E-state index contributed by atoms with van der Waals surface area (Å²) in [4.78, 5) is 14.4. The standard InChI is InChI=1S/C16H26N2O3/c1-12(6-5-11-19)17-16(20)18-10-4-3-7-14(18)15-9-8-13(2)21-15/h8-9,12,14,19H,3-7,10-11H2,1-2H3,(H,17,20). The molecular formula is C16H26N2O3. The monoisotopic (exact) mass is 294 g/mol. The second-order valence-electron chi connectivity index (χ2n) is 5.87. The Balaban J connectivity index is 1.99. The van der Waals surface area contributed by atoms with Gasteiger partial charge in [-0.2, -0.15) is 0 Å². The second kappa shape index (κ2) is 7.50. The number of furan rings is 1. The van der Waals surface area contributed by atoms with E-state index in [0.717, 1.165) is 43.7 Å². The summed E-state index contributed by atoms with van der Waals surface area (Å²) in [5.74, 6) is 1.76. The topological polar surface area (TPSA) is 65.7 Å². The number of hydrogen-bond acceptors (Lipinski definition) is 3. The van der Waals surface area contributed by atoms with E-state index in [4.69, 9.17) is 9.52 Å². The molecule has 0 spiro atoms. The van der Waals surface area contributed by atoms with Crippen molar-refractivity contribution < 1.29 is 14.3 Å². The zero-order valence-corrected chi connectivity index (χ0v) is 13.0. The minimum absolute atomic E-state index is 0.0285. The van der Waals surface area contributed by atoms with Gasteiger partial charge in [-0.15, -0.1) is 0 Å².